The molecule has 3 N–H and O–H groups in total. The Hall–Kier alpha value is -0.520. The van der Waals surface area contributed by atoms with Gasteiger partial charge in [-0.25, -0.2) is 4.39 Å². The smallest absolute Gasteiger partial charge is 0.138 e. The highest BCUT2D eigenvalue weighted by molar-refractivity contribution is 14.1. The molecule has 1 fully saturated rings. The molecule has 0 saturated heterocycles. The zero-order chi connectivity index (χ0) is 12.5. The van der Waals surface area contributed by atoms with Gasteiger partial charge in [0, 0.05) is 11.6 Å². The second-order valence-electron chi connectivity index (χ2n) is 5.10. The van der Waals surface area contributed by atoms with E-state index in [1.165, 1.54) is 25.3 Å². The van der Waals surface area contributed by atoms with Crippen LogP contribution >= 0.6 is 22.6 Å². The number of hydrogen-bond donors (Lipinski definition) is 2. The molecule has 2 rings (SSSR count). The third-order valence-electron chi connectivity index (χ3n) is 3.49. The third-order valence-corrected chi connectivity index (χ3v) is 4.31. The van der Waals surface area contributed by atoms with Crippen LogP contribution in [0.25, 0.3) is 0 Å². The van der Waals surface area contributed by atoms with E-state index in [1.54, 1.807) is 6.07 Å². The second kappa shape index (κ2) is 5.00. The maximum atomic E-state index is 13.5. The van der Waals surface area contributed by atoms with Gasteiger partial charge in [-0.2, -0.15) is 0 Å². The zero-order valence-corrected chi connectivity index (χ0v) is 12.2. The van der Waals surface area contributed by atoms with Gasteiger partial charge in [0.2, 0.25) is 0 Å². The Bertz CT molecular complexity index is 414. The molecule has 1 saturated carbocycles. The Labute approximate surface area is 115 Å². The quantitative estimate of drug-likeness (QED) is 0.623. The Balaban J connectivity index is 2.20. The minimum Gasteiger partial charge on any atom is -0.397 e. The Morgan fingerprint density at radius 3 is 2.59 bits per heavy atom. The highest BCUT2D eigenvalue weighted by Gasteiger charge is 2.27. The molecule has 2 nitrogen and oxygen atoms in total. The lowest BCUT2D eigenvalue weighted by molar-refractivity contribution is 0.349. The molecule has 4 heteroatoms. The molecule has 1 aliphatic rings. The van der Waals surface area contributed by atoms with Crippen LogP contribution in [0.15, 0.2) is 12.1 Å². The number of halogens is 2. The van der Waals surface area contributed by atoms with Crippen LogP contribution in [0.1, 0.15) is 39.0 Å². The average molecular weight is 348 g/mol. The van der Waals surface area contributed by atoms with Gasteiger partial charge in [-0.1, -0.05) is 19.3 Å². The van der Waals surface area contributed by atoms with E-state index in [-0.39, 0.29) is 11.4 Å². The summed E-state index contributed by atoms with van der Waals surface area (Å²) in [5.41, 5.74) is 7.35. The summed E-state index contributed by atoms with van der Waals surface area (Å²) in [5, 5.41) is 3.43. The van der Waals surface area contributed by atoms with Gasteiger partial charge in [0.25, 0.3) is 0 Å². The van der Waals surface area contributed by atoms with E-state index >= 15 is 0 Å². The van der Waals surface area contributed by atoms with Gasteiger partial charge in [-0.3, -0.25) is 0 Å². The molecule has 0 aliphatic heterocycles. The maximum absolute atomic E-state index is 13.5. The Morgan fingerprint density at radius 1 is 1.29 bits per heavy atom. The van der Waals surface area contributed by atoms with Crippen molar-refractivity contribution in [2.75, 3.05) is 11.1 Å². The van der Waals surface area contributed by atoms with Crippen LogP contribution in [0.4, 0.5) is 15.8 Å². The van der Waals surface area contributed by atoms with Gasteiger partial charge < -0.3 is 11.1 Å². The van der Waals surface area contributed by atoms with Crippen LogP contribution in [-0.2, 0) is 0 Å². The summed E-state index contributed by atoms with van der Waals surface area (Å²) in [4.78, 5) is 0. The molecule has 17 heavy (non-hydrogen) atoms. The summed E-state index contributed by atoms with van der Waals surface area (Å²) in [7, 11) is 0. The monoisotopic (exact) mass is 348 g/mol. The summed E-state index contributed by atoms with van der Waals surface area (Å²) in [6.45, 7) is 2.20. The maximum Gasteiger partial charge on any atom is 0.138 e. The third kappa shape index (κ3) is 3.03. The van der Waals surface area contributed by atoms with Gasteiger partial charge in [-0.05, 0) is 48.4 Å². The van der Waals surface area contributed by atoms with Crippen LogP contribution in [0.5, 0.6) is 0 Å². The highest BCUT2D eigenvalue weighted by atomic mass is 127. The van der Waals surface area contributed by atoms with Crippen molar-refractivity contribution in [3.05, 3.63) is 21.5 Å². The summed E-state index contributed by atoms with van der Waals surface area (Å²) in [6, 6.07) is 3.20. The largest absolute Gasteiger partial charge is 0.397 e. The standard InChI is InChI=1S/C13H18FIN2/c1-13(5-3-2-4-6-13)17-12-7-9(14)10(15)8-11(12)16/h7-8,17H,2-6,16H2,1H3. The topological polar surface area (TPSA) is 38.0 Å². The molecule has 0 unspecified atom stereocenters. The molecule has 94 valence electrons. The van der Waals surface area contributed by atoms with Crippen LogP contribution in [0, 0.1) is 9.39 Å². The Kier molecular flexibility index (Phi) is 3.80. The molecule has 0 bridgehead atoms. The number of anilines is 2. The SMILES string of the molecule is CC1(Nc2cc(F)c(I)cc2N)CCCCC1. The van der Waals surface area contributed by atoms with E-state index in [0.29, 0.717) is 9.26 Å². The van der Waals surface area contributed by atoms with Gasteiger partial charge in [0.1, 0.15) is 5.82 Å². The summed E-state index contributed by atoms with van der Waals surface area (Å²) >= 11 is 1.96. The van der Waals surface area contributed by atoms with Crippen molar-refractivity contribution < 1.29 is 4.39 Å². The molecular formula is C13H18FIN2. The number of rotatable bonds is 2. The average Bonchev–Trinajstić information content (AvgIpc) is 2.26. The van der Waals surface area contributed by atoms with E-state index < -0.39 is 0 Å². The number of nitrogen functional groups attached to an aromatic ring is 1. The summed E-state index contributed by atoms with van der Waals surface area (Å²) in [5.74, 6) is -0.207. The number of hydrogen-bond acceptors (Lipinski definition) is 2. The predicted molar refractivity (Wildman–Crippen MR) is 78.6 cm³/mol. The van der Waals surface area contributed by atoms with E-state index in [1.807, 2.05) is 22.6 Å². The molecular weight excluding hydrogens is 330 g/mol. The lowest BCUT2D eigenvalue weighted by Gasteiger charge is -2.36. The first kappa shape index (κ1) is 12.9. The van der Waals surface area contributed by atoms with Crippen molar-refractivity contribution >= 4 is 34.0 Å². The molecule has 0 spiro atoms. The fourth-order valence-electron chi connectivity index (χ4n) is 2.45. The normalized spacial score (nSPS) is 19.0. The summed E-state index contributed by atoms with van der Waals surface area (Å²) < 4.78 is 14.1. The first-order chi connectivity index (χ1) is 8.00. The van der Waals surface area contributed by atoms with E-state index in [9.17, 15) is 4.39 Å². The van der Waals surface area contributed by atoms with E-state index in [2.05, 4.69) is 12.2 Å². The van der Waals surface area contributed by atoms with E-state index in [0.717, 1.165) is 18.5 Å². The lowest BCUT2D eigenvalue weighted by atomic mass is 9.83. The fraction of sp³-hybridized carbons (Fsp3) is 0.538. The van der Waals surface area contributed by atoms with Crippen molar-refractivity contribution in [3.63, 3.8) is 0 Å². The molecule has 0 aromatic heterocycles. The van der Waals surface area contributed by atoms with Gasteiger partial charge in [-0.15, -0.1) is 0 Å². The van der Waals surface area contributed by atoms with Crippen LogP contribution in [0.2, 0.25) is 0 Å². The van der Waals surface area contributed by atoms with Crippen molar-refractivity contribution in [2.24, 2.45) is 0 Å². The minimum absolute atomic E-state index is 0.0611. The van der Waals surface area contributed by atoms with Crippen LogP contribution < -0.4 is 11.1 Å². The molecule has 0 amide bonds. The number of benzene rings is 1. The molecule has 1 aromatic rings. The molecule has 0 heterocycles. The minimum atomic E-state index is -0.207. The molecule has 1 aromatic carbocycles. The highest BCUT2D eigenvalue weighted by Crippen LogP contribution is 2.34. The second-order valence-corrected chi connectivity index (χ2v) is 6.26. The predicted octanol–water partition coefficient (Wildman–Crippen LogP) is 4.15. The van der Waals surface area contributed by atoms with Crippen molar-refractivity contribution in [1.82, 2.24) is 0 Å². The van der Waals surface area contributed by atoms with Gasteiger partial charge in [0.15, 0.2) is 0 Å². The lowest BCUT2D eigenvalue weighted by Crippen LogP contribution is -2.37. The van der Waals surface area contributed by atoms with Crippen LogP contribution in [0.3, 0.4) is 0 Å². The Morgan fingerprint density at radius 2 is 1.94 bits per heavy atom. The number of nitrogens with two attached hydrogens (primary N) is 1. The molecule has 0 radical (unpaired) electrons. The zero-order valence-electron chi connectivity index (χ0n) is 10.0. The summed E-state index contributed by atoms with van der Waals surface area (Å²) in [6.07, 6.45) is 6.01. The van der Waals surface area contributed by atoms with Crippen LogP contribution in [-0.4, -0.2) is 5.54 Å². The van der Waals surface area contributed by atoms with Crippen molar-refractivity contribution in [1.29, 1.82) is 0 Å². The van der Waals surface area contributed by atoms with Gasteiger partial charge in [0.05, 0.1) is 14.9 Å². The van der Waals surface area contributed by atoms with Crippen molar-refractivity contribution in [3.8, 4) is 0 Å². The van der Waals surface area contributed by atoms with E-state index in [4.69, 9.17) is 5.73 Å². The first-order valence-corrected chi connectivity index (χ1v) is 7.11. The fourth-order valence-corrected chi connectivity index (χ4v) is 2.94. The number of nitrogens with one attached hydrogen (secondary N) is 1. The molecule has 1 aliphatic carbocycles. The molecule has 0 atom stereocenters. The first-order valence-electron chi connectivity index (χ1n) is 6.03. The van der Waals surface area contributed by atoms with Gasteiger partial charge >= 0.3 is 0 Å². The van der Waals surface area contributed by atoms with Crippen molar-refractivity contribution in [2.45, 2.75) is 44.6 Å².